The van der Waals surface area contributed by atoms with Gasteiger partial charge in [-0.2, -0.15) is 0 Å². The summed E-state index contributed by atoms with van der Waals surface area (Å²) in [6.07, 6.45) is 0. The van der Waals surface area contributed by atoms with Crippen molar-refractivity contribution in [3.05, 3.63) is 28.8 Å². The maximum absolute atomic E-state index is 6.21. The molecule has 1 unspecified atom stereocenters. The van der Waals surface area contributed by atoms with E-state index in [1.54, 1.807) is 0 Å². The predicted octanol–water partition coefficient (Wildman–Crippen LogP) is 3.96. The first-order valence-corrected chi connectivity index (χ1v) is 5.75. The van der Waals surface area contributed by atoms with Crippen LogP contribution in [0.2, 0.25) is 0 Å². The van der Waals surface area contributed by atoms with Crippen LogP contribution < -0.4 is 4.74 Å². The van der Waals surface area contributed by atoms with Gasteiger partial charge in [0.05, 0.1) is 5.38 Å². The molecule has 1 aromatic rings. The molecule has 0 radical (unpaired) electrons. The van der Waals surface area contributed by atoms with Gasteiger partial charge in [-0.05, 0) is 12.3 Å². The first-order chi connectivity index (χ1) is 6.89. The van der Waals surface area contributed by atoms with E-state index in [0.717, 1.165) is 11.3 Å². The summed E-state index contributed by atoms with van der Waals surface area (Å²) in [5.41, 5.74) is 3.79. The Labute approximate surface area is 96.4 Å². The normalized spacial score (nSPS) is 19.9. The van der Waals surface area contributed by atoms with Crippen molar-refractivity contribution in [2.75, 3.05) is 6.61 Å². The molecule has 15 heavy (non-hydrogen) atoms. The number of hydrogen-bond acceptors (Lipinski definition) is 1. The summed E-state index contributed by atoms with van der Waals surface area (Å²) in [4.78, 5) is 0. The van der Waals surface area contributed by atoms with Crippen LogP contribution in [0.15, 0.2) is 12.1 Å². The topological polar surface area (TPSA) is 9.23 Å². The van der Waals surface area contributed by atoms with E-state index in [0.29, 0.717) is 6.61 Å². The Morgan fingerprint density at radius 2 is 2.00 bits per heavy atom. The summed E-state index contributed by atoms with van der Waals surface area (Å²) in [5.74, 6) is 1.01. The minimum Gasteiger partial charge on any atom is -0.491 e. The van der Waals surface area contributed by atoms with Gasteiger partial charge in [0.2, 0.25) is 0 Å². The molecule has 2 heteroatoms. The molecule has 0 bridgehead atoms. The maximum Gasteiger partial charge on any atom is 0.127 e. The first kappa shape index (κ1) is 10.8. The van der Waals surface area contributed by atoms with Gasteiger partial charge in [0.1, 0.15) is 12.4 Å². The third-order valence-electron chi connectivity index (χ3n) is 2.78. The van der Waals surface area contributed by atoms with Gasteiger partial charge in [-0.15, -0.1) is 11.6 Å². The van der Waals surface area contributed by atoms with Crippen molar-refractivity contribution in [3.63, 3.8) is 0 Å². The highest BCUT2D eigenvalue weighted by Crippen LogP contribution is 2.43. The van der Waals surface area contributed by atoms with Crippen molar-refractivity contribution < 1.29 is 4.74 Å². The van der Waals surface area contributed by atoms with Crippen LogP contribution >= 0.6 is 11.6 Å². The van der Waals surface area contributed by atoms with Gasteiger partial charge in [-0.3, -0.25) is 0 Å². The molecular weight excluding hydrogens is 208 g/mol. The second-order valence-corrected chi connectivity index (χ2v) is 5.79. The molecule has 1 heterocycles. The van der Waals surface area contributed by atoms with Crippen LogP contribution in [-0.2, 0) is 5.41 Å². The van der Waals surface area contributed by atoms with Crippen LogP contribution in [-0.4, -0.2) is 6.61 Å². The van der Waals surface area contributed by atoms with Gasteiger partial charge < -0.3 is 4.74 Å². The van der Waals surface area contributed by atoms with Gasteiger partial charge in [0, 0.05) is 11.1 Å². The van der Waals surface area contributed by atoms with E-state index in [1.165, 1.54) is 11.1 Å². The summed E-state index contributed by atoms with van der Waals surface area (Å²) >= 11 is 6.21. The van der Waals surface area contributed by atoms with Gasteiger partial charge in [-0.1, -0.05) is 38.5 Å². The van der Waals surface area contributed by atoms with E-state index in [1.807, 2.05) is 0 Å². The average Bonchev–Trinajstić information content (AvgIpc) is 2.45. The number of ether oxygens (including phenoxy) is 1. The molecule has 1 aromatic carbocycles. The number of alkyl halides is 1. The van der Waals surface area contributed by atoms with Crippen molar-refractivity contribution in [1.82, 2.24) is 0 Å². The fourth-order valence-corrected chi connectivity index (χ4v) is 2.22. The molecule has 1 aliphatic heterocycles. The summed E-state index contributed by atoms with van der Waals surface area (Å²) in [6, 6.07) is 4.34. The maximum atomic E-state index is 6.21. The van der Waals surface area contributed by atoms with Crippen molar-refractivity contribution in [1.29, 1.82) is 0 Å². The number of halogens is 1. The predicted molar refractivity (Wildman–Crippen MR) is 64.0 cm³/mol. The number of aryl methyl sites for hydroxylation is 1. The molecule has 1 nitrogen and oxygen atoms in total. The molecule has 2 rings (SSSR count). The van der Waals surface area contributed by atoms with Crippen molar-refractivity contribution in [2.24, 2.45) is 0 Å². The quantitative estimate of drug-likeness (QED) is 0.606. The van der Waals surface area contributed by atoms with Crippen LogP contribution in [0.1, 0.15) is 42.8 Å². The fourth-order valence-electron chi connectivity index (χ4n) is 2.00. The third-order valence-corrected chi connectivity index (χ3v) is 3.14. The SMILES string of the molecule is Cc1cc2c(c(C(C)(C)C)c1)OCC2Cl. The molecule has 0 aliphatic carbocycles. The van der Waals surface area contributed by atoms with E-state index in [4.69, 9.17) is 16.3 Å². The van der Waals surface area contributed by atoms with Crippen LogP contribution in [0, 0.1) is 6.92 Å². The summed E-state index contributed by atoms with van der Waals surface area (Å²) in [6.45, 7) is 9.31. The van der Waals surface area contributed by atoms with Gasteiger partial charge >= 0.3 is 0 Å². The smallest absolute Gasteiger partial charge is 0.127 e. The zero-order valence-corrected chi connectivity index (χ0v) is 10.5. The van der Waals surface area contributed by atoms with E-state index in [2.05, 4.69) is 39.8 Å². The Hall–Kier alpha value is -0.690. The average molecular weight is 225 g/mol. The first-order valence-electron chi connectivity index (χ1n) is 5.31. The second kappa shape index (κ2) is 3.41. The molecule has 0 saturated heterocycles. The van der Waals surface area contributed by atoms with Crippen molar-refractivity contribution in [2.45, 2.75) is 38.5 Å². The minimum atomic E-state index is 0.0148. The molecule has 0 N–H and O–H groups in total. The molecule has 0 spiro atoms. The lowest BCUT2D eigenvalue weighted by Gasteiger charge is -2.22. The standard InChI is InChI=1S/C13H17ClO/c1-8-5-9-11(14)7-15-12(9)10(6-8)13(2,3)4/h5-6,11H,7H2,1-4H3. The van der Waals surface area contributed by atoms with E-state index in [-0.39, 0.29) is 10.8 Å². The number of rotatable bonds is 0. The fraction of sp³-hybridized carbons (Fsp3) is 0.538. The van der Waals surface area contributed by atoms with Crippen LogP contribution in [0.25, 0.3) is 0 Å². The zero-order valence-electron chi connectivity index (χ0n) is 9.73. The Morgan fingerprint density at radius 3 is 2.60 bits per heavy atom. The van der Waals surface area contributed by atoms with Crippen LogP contribution in [0.3, 0.4) is 0 Å². The Bertz CT molecular complexity index is 390. The largest absolute Gasteiger partial charge is 0.491 e. The van der Waals surface area contributed by atoms with Gasteiger partial charge in [-0.25, -0.2) is 0 Å². The number of hydrogen-bond donors (Lipinski definition) is 0. The Balaban J connectivity index is 2.62. The Morgan fingerprint density at radius 1 is 1.33 bits per heavy atom. The Kier molecular flexibility index (Phi) is 2.46. The highest BCUT2D eigenvalue weighted by Gasteiger charge is 2.29. The molecule has 1 atom stereocenters. The molecule has 0 aromatic heterocycles. The molecule has 0 amide bonds. The summed E-state index contributed by atoms with van der Waals surface area (Å²) < 4.78 is 5.69. The zero-order chi connectivity index (χ0) is 11.2. The molecule has 1 aliphatic rings. The summed E-state index contributed by atoms with van der Waals surface area (Å²) in [7, 11) is 0. The minimum absolute atomic E-state index is 0.0148. The van der Waals surface area contributed by atoms with Crippen LogP contribution in [0.4, 0.5) is 0 Å². The highest BCUT2D eigenvalue weighted by molar-refractivity contribution is 6.21. The lowest BCUT2D eigenvalue weighted by atomic mass is 9.84. The number of fused-ring (bicyclic) bond motifs is 1. The van der Waals surface area contributed by atoms with E-state index < -0.39 is 0 Å². The van der Waals surface area contributed by atoms with Crippen LogP contribution in [0.5, 0.6) is 5.75 Å². The molecule has 82 valence electrons. The monoisotopic (exact) mass is 224 g/mol. The molecular formula is C13H17ClO. The second-order valence-electron chi connectivity index (χ2n) is 5.26. The lowest BCUT2D eigenvalue weighted by Crippen LogP contribution is -2.12. The number of benzene rings is 1. The van der Waals surface area contributed by atoms with Gasteiger partial charge in [0.15, 0.2) is 0 Å². The highest BCUT2D eigenvalue weighted by atomic mass is 35.5. The lowest BCUT2D eigenvalue weighted by molar-refractivity contribution is 0.343. The van der Waals surface area contributed by atoms with E-state index in [9.17, 15) is 0 Å². The molecule has 0 fully saturated rings. The van der Waals surface area contributed by atoms with E-state index >= 15 is 0 Å². The summed E-state index contributed by atoms with van der Waals surface area (Å²) in [5, 5.41) is 0.0148. The van der Waals surface area contributed by atoms with Gasteiger partial charge in [0.25, 0.3) is 0 Å². The van der Waals surface area contributed by atoms with Crippen molar-refractivity contribution in [3.8, 4) is 5.75 Å². The molecule has 0 saturated carbocycles. The van der Waals surface area contributed by atoms with Crippen molar-refractivity contribution >= 4 is 11.6 Å². The third kappa shape index (κ3) is 1.85.